The van der Waals surface area contributed by atoms with Crippen molar-refractivity contribution in [2.75, 3.05) is 18.5 Å². The van der Waals surface area contributed by atoms with Crippen LogP contribution in [0.15, 0.2) is 12.1 Å². The first-order valence-corrected chi connectivity index (χ1v) is 5.85. The van der Waals surface area contributed by atoms with Gasteiger partial charge in [-0.15, -0.1) is 5.10 Å². The standard InChI is InChI=1S/C12H20F2N4/c1-12(2,3)15-7-9-5-6-11(17-16-9)18(4)8-10(13)14/h5-6,10,15H,7-8H2,1-4H3. The molecule has 6 heteroatoms. The van der Waals surface area contributed by atoms with Crippen LogP contribution in [0.4, 0.5) is 14.6 Å². The highest BCUT2D eigenvalue weighted by Crippen LogP contribution is 2.10. The number of rotatable bonds is 5. The van der Waals surface area contributed by atoms with Crippen molar-refractivity contribution in [2.24, 2.45) is 0 Å². The molecule has 1 aromatic heterocycles. The van der Waals surface area contributed by atoms with Crippen molar-refractivity contribution in [3.63, 3.8) is 0 Å². The summed E-state index contributed by atoms with van der Waals surface area (Å²) in [5.74, 6) is 0.454. The lowest BCUT2D eigenvalue weighted by atomic mass is 10.1. The Hall–Kier alpha value is -1.30. The van der Waals surface area contributed by atoms with E-state index in [2.05, 4.69) is 36.3 Å². The molecule has 102 valence electrons. The summed E-state index contributed by atoms with van der Waals surface area (Å²) in [5, 5.41) is 11.2. The Balaban J connectivity index is 2.57. The zero-order valence-electron chi connectivity index (χ0n) is 11.2. The van der Waals surface area contributed by atoms with Crippen LogP contribution in [0.5, 0.6) is 0 Å². The van der Waals surface area contributed by atoms with Crippen LogP contribution < -0.4 is 10.2 Å². The van der Waals surface area contributed by atoms with E-state index in [-0.39, 0.29) is 12.1 Å². The van der Waals surface area contributed by atoms with Crippen LogP contribution >= 0.6 is 0 Å². The van der Waals surface area contributed by atoms with Gasteiger partial charge in [0.15, 0.2) is 5.82 Å². The van der Waals surface area contributed by atoms with Crippen LogP contribution in [-0.2, 0) is 6.54 Å². The number of hydrogen-bond acceptors (Lipinski definition) is 4. The number of nitrogens with zero attached hydrogens (tertiary/aromatic N) is 3. The van der Waals surface area contributed by atoms with Crippen molar-refractivity contribution in [3.8, 4) is 0 Å². The molecule has 0 unspecified atom stereocenters. The average Bonchev–Trinajstić information content (AvgIpc) is 2.25. The Kier molecular flexibility index (Phi) is 4.95. The maximum atomic E-state index is 12.2. The smallest absolute Gasteiger partial charge is 0.255 e. The fraction of sp³-hybridized carbons (Fsp3) is 0.667. The van der Waals surface area contributed by atoms with E-state index in [0.29, 0.717) is 12.4 Å². The van der Waals surface area contributed by atoms with Gasteiger partial charge in [-0.2, -0.15) is 5.10 Å². The molecule has 0 aromatic carbocycles. The fourth-order valence-electron chi connectivity index (χ4n) is 1.31. The molecule has 0 aliphatic rings. The van der Waals surface area contributed by atoms with E-state index < -0.39 is 6.43 Å². The van der Waals surface area contributed by atoms with Gasteiger partial charge in [-0.1, -0.05) is 0 Å². The highest BCUT2D eigenvalue weighted by Gasteiger charge is 2.11. The van der Waals surface area contributed by atoms with Gasteiger partial charge in [-0.3, -0.25) is 0 Å². The first kappa shape index (κ1) is 14.8. The first-order chi connectivity index (χ1) is 8.28. The van der Waals surface area contributed by atoms with Crippen molar-refractivity contribution >= 4 is 5.82 Å². The molecule has 0 spiro atoms. The summed E-state index contributed by atoms with van der Waals surface area (Å²) in [4.78, 5) is 1.39. The molecule has 1 N–H and O–H groups in total. The van der Waals surface area contributed by atoms with Gasteiger partial charge in [0.2, 0.25) is 0 Å². The third-order valence-corrected chi connectivity index (χ3v) is 2.31. The van der Waals surface area contributed by atoms with Gasteiger partial charge in [0.25, 0.3) is 6.43 Å². The van der Waals surface area contributed by atoms with Crippen LogP contribution in [0.25, 0.3) is 0 Å². The number of halogens is 2. The minimum Gasteiger partial charge on any atom is -0.352 e. The maximum Gasteiger partial charge on any atom is 0.255 e. The summed E-state index contributed by atoms with van der Waals surface area (Å²) < 4.78 is 24.4. The SMILES string of the molecule is CN(CC(F)F)c1ccc(CNC(C)(C)C)nn1. The molecule has 1 aromatic rings. The number of anilines is 1. The number of hydrogen-bond donors (Lipinski definition) is 1. The van der Waals surface area contributed by atoms with Gasteiger partial charge in [0, 0.05) is 19.1 Å². The molecule has 0 radical (unpaired) electrons. The first-order valence-electron chi connectivity index (χ1n) is 5.85. The Bertz CT molecular complexity index is 359. The predicted octanol–water partition coefficient (Wildman–Crippen LogP) is 2.07. The molecule has 1 rings (SSSR count). The second kappa shape index (κ2) is 6.04. The van der Waals surface area contributed by atoms with Crippen molar-refractivity contribution in [1.29, 1.82) is 0 Å². The lowest BCUT2D eigenvalue weighted by Gasteiger charge is -2.20. The third kappa shape index (κ3) is 5.35. The predicted molar refractivity (Wildman–Crippen MR) is 67.9 cm³/mol. The Morgan fingerprint density at radius 2 is 1.94 bits per heavy atom. The Labute approximate surface area is 106 Å². The van der Waals surface area contributed by atoms with Crippen molar-refractivity contribution in [3.05, 3.63) is 17.8 Å². The molecular weight excluding hydrogens is 238 g/mol. The summed E-state index contributed by atoms with van der Waals surface area (Å²) in [5.41, 5.74) is 0.798. The van der Waals surface area contributed by atoms with E-state index in [9.17, 15) is 8.78 Å². The van der Waals surface area contributed by atoms with Crippen molar-refractivity contribution in [2.45, 2.75) is 39.3 Å². The second-order valence-electron chi connectivity index (χ2n) is 5.26. The summed E-state index contributed by atoms with van der Waals surface area (Å²) in [6.45, 7) is 6.45. The normalized spacial score (nSPS) is 11.9. The average molecular weight is 258 g/mol. The van der Waals surface area contributed by atoms with Crippen LogP contribution in [-0.4, -0.2) is 35.8 Å². The van der Waals surface area contributed by atoms with Gasteiger partial charge >= 0.3 is 0 Å². The molecule has 0 fully saturated rings. The molecule has 18 heavy (non-hydrogen) atoms. The van der Waals surface area contributed by atoms with Gasteiger partial charge in [0.05, 0.1) is 12.2 Å². The molecule has 0 aliphatic carbocycles. The zero-order chi connectivity index (χ0) is 13.8. The third-order valence-electron chi connectivity index (χ3n) is 2.31. The molecule has 4 nitrogen and oxygen atoms in total. The monoisotopic (exact) mass is 258 g/mol. The van der Waals surface area contributed by atoms with Crippen LogP contribution in [0.2, 0.25) is 0 Å². The lowest BCUT2D eigenvalue weighted by molar-refractivity contribution is 0.156. The van der Waals surface area contributed by atoms with E-state index in [1.807, 2.05) is 0 Å². The van der Waals surface area contributed by atoms with Gasteiger partial charge in [0.1, 0.15) is 0 Å². The Morgan fingerprint density at radius 1 is 1.28 bits per heavy atom. The number of nitrogens with one attached hydrogen (secondary N) is 1. The van der Waals surface area contributed by atoms with E-state index in [1.54, 1.807) is 19.2 Å². The van der Waals surface area contributed by atoms with Gasteiger partial charge in [-0.05, 0) is 32.9 Å². The highest BCUT2D eigenvalue weighted by atomic mass is 19.3. The molecule has 0 amide bonds. The van der Waals surface area contributed by atoms with Crippen LogP contribution in [0.3, 0.4) is 0 Å². The summed E-state index contributed by atoms with van der Waals surface area (Å²) in [6.07, 6.45) is -2.38. The van der Waals surface area contributed by atoms with E-state index in [4.69, 9.17) is 0 Å². The molecule has 0 bridgehead atoms. The fourth-order valence-corrected chi connectivity index (χ4v) is 1.31. The summed E-state index contributed by atoms with van der Waals surface area (Å²) in [7, 11) is 1.57. The van der Waals surface area contributed by atoms with Gasteiger partial charge in [-0.25, -0.2) is 8.78 Å². The minimum absolute atomic E-state index is 0.00676. The highest BCUT2D eigenvalue weighted by molar-refractivity contribution is 5.36. The molecular formula is C12H20F2N4. The second-order valence-corrected chi connectivity index (χ2v) is 5.26. The molecule has 1 heterocycles. The van der Waals surface area contributed by atoms with Crippen LogP contribution in [0.1, 0.15) is 26.5 Å². The lowest BCUT2D eigenvalue weighted by Crippen LogP contribution is -2.35. The number of alkyl halides is 2. The van der Waals surface area contributed by atoms with Crippen LogP contribution in [0, 0.1) is 0 Å². The minimum atomic E-state index is -2.38. The number of aromatic nitrogens is 2. The molecule has 0 atom stereocenters. The quantitative estimate of drug-likeness (QED) is 0.877. The van der Waals surface area contributed by atoms with E-state index in [1.165, 1.54) is 4.90 Å². The zero-order valence-corrected chi connectivity index (χ0v) is 11.2. The van der Waals surface area contributed by atoms with E-state index in [0.717, 1.165) is 5.69 Å². The maximum absolute atomic E-state index is 12.2. The van der Waals surface area contributed by atoms with Crippen molar-refractivity contribution < 1.29 is 8.78 Å². The molecule has 0 saturated carbocycles. The molecule has 0 aliphatic heterocycles. The van der Waals surface area contributed by atoms with E-state index >= 15 is 0 Å². The summed E-state index contributed by atoms with van der Waals surface area (Å²) in [6, 6.07) is 3.50. The topological polar surface area (TPSA) is 41.0 Å². The van der Waals surface area contributed by atoms with Crippen molar-refractivity contribution in [1.82, 2.24) is 15.5 Å². The molecule has 0 saturated heterocycles. The largest absolute Gasteiger partial charge is 0.352 e. The Morgan fingerprint density at radius 3 is 2.39 bits per heavy atom. The van der Waals surface area contributed by atoms with Gasteiger partial charge < -0.3 is 10.2 Å². The summed E-state index contributed by atoms with van der Waals surface area (Å²) >= 11 is 0.